The highest BCUT2D eigenvalue weighted by Crippen LogP contribution is 2.22. The standard InChI is InChI=1S/C18H35N3O2/c1-2-3-4-5-6-7-8-9-10-11-12-13-14-17-18(22)16(15-23-17)20-21-19/h16-18,22H,2-15H2,1H3/t16-,17-,18-/m1/s1. The van der Waals surface area contributed by atoms with Crippen LogP contribution in [0.4, 0.5) is 0 Å². The lowest BCUT2D eigenvalue weighted by Gasteiger charge is -2.14. The van der Waals surface area contributed by atoms with Crippen molar-refractivity contribution in [3.05, 3.63) is 10.4 Å². The molecule has 0 aromatic heterocycles. The van der Waals surface area contributed by atoms with E-state index in [-0.39, 0.29) is 6.10 Å². The van der Waals surface area contributed by atoms with E-state index in [9.17, 15) is 5.11 Å². The Morgan fingerprint density at radius 3 is 2.00 bits per heavy atom. The van der Waals surface area contributed by atoms with E-state index in [1.807, 2.05) is 0 Å². The molecule has 1 aliphatic heterocycles. The van der Waals surface area contributed by atoms with Crippen molar-refractivity contribution in [2.24, 2.45) is 5.11 Å². The molecule has 5 heteroatoms. The van der Waals surface area contributed by atoms with E-state index in [2.05, 4.69) is 16.9 Å². The topological polar surface area (TPSA) is 78.2 Å². The van der Waals surface area contributed by atoms with Crippen molar-refractivity contribution in [2.75, 3.05) is 6.61 Å². The Kier molecular flexibility index (Phi) is 12.0. The largest absolute Gasteiger partial charge is 0.390 e. The third-order valence-electron chi connectivity index (χ3n) is 4.80. The van der Waals surface area contributed by atoms with Crippen molar-refractivity contribution < 1.29 is 9.84 Å². The summed E-state index contributed by atoms with van der Waals surface area (Å²) in [6.07, 6.45) is 16.1. The van der Waals surface area contributed by atoms with Crippen LogP contribution in [-0.2, 0) is 4.74 Å². The van der Waals surface area contributed by atoms with Gasteiger partial charge in [0.05, 0.1) is 24.9 Å². The summed E-state index contributed by atoms with van der Waals surface area (Å²) in [5.41, 5.74) is 8.41. The third kappa shape index (κ3) is 9.19. The number of rotatable bonds is 14. The quantitative estimate of drug-likeness (QED) is 0.198. The minimum absolute atomic E-state index is 0.145. The van der Waals surface area contributed by atoms with Crippen molar-refractivity contribution in [2.45, 2.75) is 109 Å². The van der Waals surface area contributed by atoms with Gasteiger partial charge >= 0.3 is 0 Å². The number of azide groups is 1. The maximum atomic E-state index is 9.97. The second-order valence-corrected chi connectivity index (χ2v) is 6.81. The van der Waals surface area contributed by atoms with E-state index in [0.29, 0.717) is 6.61 Å². The molecule has 0 aromatic rings. The minimum atomic E-state index is -0.626. The Morgan fingerprint density at radius 1 is 0.957 bits per heavy atom. The summed E-state index contributed by atoms with van der Waals surface area (Å²) in [7, 11) is 0. The van der Waals surface area contributed by atoms with Crippen LogP contribution in [0, 0.1) is 0 Å². The maximum Gasteiger partial charge on any atom is 0.0908 e. The van der Waals surface area contributed by atoms with Crippen molar-refractivity contribution in [3.8, 4) is 0 Å². The van der Waals surface area contributed by atoms with Gasteiger partial charge in [-0.1, -0.05) is 89.1 Å². The van der Waals surface area contributed by atoms with E-state index in [0.717, 1.165) is 12.8 Å². The number of aliphatic hydroxyl groups excluding tert-OH is 1. The zero-order valence-corrected chi connectivity index (χ0v) is 14.8. The van der Waals surface area contributed by atoms with Crippen LogP contribution in [0.3, 0.4) is 0 Å². The summed E-state index contributed by atoms with van der Waals surface area (Å²) < 4.78 is 5.52. The maximum absolute atomic E-state index is 9.97. The number of nitrogens with zero attached hydrogens (tertiary/aromatic N) is 3. The fourth-order valence-electron chi connectivity index (χ4n) is 3.28. The number of unbranched alkanes of at least 4 members (excludes halogenated alkanes) is 11. The summed E-state index contributed by atoms with van der Waals surface area (Å²) in [5, 5.41) is 13.5. The first kappa shape index (κ1) is 20.3. The Hall–Kier alpha value is -0.770. The first-order valence-electron chi connectivity index (χ1n) is 9.63. The molecule has 0 radical (unpaired) electrons. The van der Waals surface area contributed by atoms with Gasteiger partial charge in [0.15, 0.2) is 0 Å². The predicted molar refractivity (Wildman–Crippen MR) is 94.4 cm³/mol. The Balaban J connectivity index is 1.86. The van der Waals surface area contributed by atoms with Crippen LogP contribution in [0.2, 0.25) is 0 Å². The monoisotopic (exact) mass is 325 g/mol. The number of ether oxygens (including phenoxy) is 1. The van der Waals surface area contributed by atoms with Gasteiger partial charge in [-0.2, -0.15) is 0 Å². The minimum Gasteiger partial charge on any atom is -0.390 e. The summed E-state index contributed by atoms with van der Waals surface area (Å²) >= 11 is 0. The molecule has 0 aliphatic carbocycles. The molecule has 23 heavy (non-hydrogen) atoms. The van der Waals surface area contributed by atoms with Gasteiger partial charge in [-0.05, 0) is 12.0 Å². The van der Waals surface area contributed by atoms with Crippen molar-refractivity contribution >= 4 is 0 Å². The van der Waals surface area contributed by atoms with Gasteiger partial charge in [0.1, 0.15) is 0 Å². The zero-order valence-electron chi connectivity index (χ0n) is 14.8. The Morgan fingerprint density at radius 2 is 1.48 bits per heavy atom. The van der Waals surface area contributed by atoms with Crippen LogP contribution in [0.5, 0.6) is 0 Å². The van der Waals surface area contributed by atoms with Gasteiger partial charge in [0.2, 0.25) is 0 Å². The normalized spacial score (nSPS) is 23.8. The predicted octanol–water partition coefficient (Wildman–Crippen LogP) is 5.52. The first-order valence-corrected chi connectivity index (χ1v) is 9.63. The SMILES string of the molecule is CCCCCCCCCCCCCC[C@H]1OC[C@@H](N=[N+]=[N-])[C@H]1O. The lowest BCUT2D eigenvalue weighted by molar-refractivity contribution is 0.0342. The molecule has 1 heterocycles. The first-order chi connectivity index (χ1) is 11.3. The van der Waals surface area contributed by atoms with Crippen LogP contribution < -0.4 is 0 Å². The molecule has 0 saturated carbocycles. The molecule has 1 N–H and O–H groups in total. The zero-order chi connectivity index (χ0) is 16.8. The highest BCUT2D eigenvalue weighted by Gasteiger charge is 2.34. The molecule has 3 atom stereocenters. The third-order valence-corrected chi connectivity index (χ3v) is 4.80. The van der Waals surface area contributed by atoms with Gasteiger partial charge in [-0.15, -0.1) is 0 Å². The van der Waals surface area contributed by atoms with Crippen molar-refractivity contribution in [1.82, 2.24) is 0 Å². The average Bonchev–Trinajstić information content (AvgIpc) is 2.89. The van der Waals surface area contributed by atoms with E-state index in [4.69, 9.17) is 10.3 Å². The molecule has 0 aromatic carbocycles. The van der Waals surface area contributed by atoms with Crippen LogP contribution in [-0.4, -0.2) is 30.0 Å². The van der Waals surface area contributed by atoms with Crippen LogP contribution in [0.1, 0.15) is 90.4 Å². The molecule has 1 aliphatic rings. The van der Waals surface area contributed by atoms with Gasteiger partial charge in [0.25, 0.3) is 0 Å². The lowest BCUT2D eigenvalue weighted by atomic mass is 10.0. The van der Waals surface area contributed by atoms with Gasteiger partial charge in [-0.3, -0.25) is 0 Å². The number of hydrogen-bond acceptors (Lipinski definition) is 3. The molecule has 1 fully saturated rings. The fourth-order valence-corrected chi connectivity index (χ4v) is 3.28. The Labute approximate surface area is 141 Å². The fraction of sp³-hybridized carbons (Fsp3) is 1.00. The van der Waals surface area contributed by atoms with Crippen molar-refractivity contribution in [3.63, 3.8) is 0 Å². The van der Waals surface area contributed by atoms with Crippen molar-refractivity contribution in [1.29, 1.82) is 0 Å². The van der Waals surface area contributed by atoms with Gasteiger partial charge in [-0.25, -0.2) is 0 Å². The molecule has 134 valence electrons. The van der Waals surface area contributed by atoms with Crippen LogP contribution >= 0.6 is 0 Å². The lowest BCUT2D eigenvalue weighted by Crippen LogP contribution is -2.28. The molecule has 0 spiro atoms. The molecule has 5 nitrogen and oxygen atoms in total. The second-order valence-electron chi connectivity index (χ2n) is 6.81. The number of hydrogen-bond donors (Lipinski definition) is 1. The highest BCUT2D eigenvalue weighted by atomic mass is 16.5. The van der Waals surface area contributed by atoms with Gasteiger partial charge < -0.3 is 9.84 Å². The molecule has 0 unspecified atom stereocenters. The molecule has 0 amide bonds. The summed E-state index contributed by atoms with van der Waals surface area (Å²) in [4.78, 5) is 2.75. The molecular weight excluding hydrogens is 290 g/mol. The van der Waals surface area contributed by atoms with Crippen LogP contribution in [0.15, 0.2) is 5.11 Å². The summed E-state index contributed by atoms with van der Waals surface area (Å²) in [6.45, 7) is 2.62. The molecule has 1 saturated heterocycles. The summed E-state index contributed by atoms with van der Waals surface area (Å²) in [6, 6.07) is -0.401. The molecule has 1 rings (SSSR count). The van der Waals surface area contributed by atoms with E-state index < -0.39 is 12.1 Å². The van der Waals surface area contributed by atoms with E-state index >= 15 is 0 Å². The number of aliphatic hydroxyl groups is 1. The highest BCUT2D eigenvalue weighted by molar-refractivity contribution is 4.88. The van der Waals surface area contributed by atoms with E-state index in [1.54, 1.807) is 0 Å². The molecule has 0 bridgehead atoms. The molecular formula is C18H35N3O2. The van der Waals surface area contributed by atoms with Crippen LogP contribution in [0.25, 0.3) is 10.4 Å². The second kappa shape index (κ2) is 13.6. The Bertz CT molecular complexity index is 332. The smallest absolute Gasteiger partial charge is 0.0908 e. The summed E-state index contributed by atoms with van der Waals surface area (Å²) in [5.74, 6) is 0. The average molecular weight is 325 g/mol. The van der Waals surface area contributed by atoms with Gasteiger partial charge in [0, 0.05) is 4.91 Å². The van der Waals surface area contributed by atoms with E-state index in [1.165, 1.54) is 70.6 Å².